The molecule has 0 bridgehead atoms. The van der Waals surface area contributed by atoms with E-state index in [2.05, 4.69) is 26.6 Å². The number of carbonyl (C=O) groups is 8. The van der Waals surface area contributed by atoms with Crippen molar-refractivity contribution < 1.29 is 48.6 Å². The summed E-state index contributed by atoms with van der Waals surface area (Å²) in [5.41, 5.74) is 22.4. The summed E-state index contributed by atoms with van der Waals surface area (Å²) in [5, 5.41) is 30.9. The van der Waals surface area contributed by atoms with Gasteiger partial charge in [-0.15, -0.1) is 0 Å². The zero-order chi connectivity index (χ0) is 39.3. The van der Waals surface area contributed by atoms with Gasteiger partial charge in [0.05, 0.1) is 6.04 Å². The smallest absolute Gasteiger partial charge is 0.326 e. The maximum Gasteiger partial charge on any atom is 0.326 e. The highest BCUT2D eigenvalue weighted by molar-refractivity contribution is 5.96. The van der Waals surface area contributed by atoms with Gasteiger partial charge < -0.3 is 59.7 Å². The van der Waals surface area contributed by atoms with E-state index < -0.39 is 108 Å². The van der Waals surface area contributed by atoms with Crippen molar-refractivity contribution in [1.82, 2.24) is 26.6 Å². The van der Waals surface area contributed by atoms with Gasteiger partial charge in [0.25, 0.3) is 0 Å². The van der Waals surface area contributed by atoms with E-state index in [1.165, 1.54) is 0 Å². The van der Waals surface area contributed by atoms with Crippen LogP contribution in [0.1, 0.15) is 91.9 Å². The molecule has 19 heteroatoms. The molecule has 15 N–H and O–H groups in total. The minimum absolute atomic E-state index is 0.170. The first-order chi connectivity index (χ1) is 23.9. The van der Waals surface area contributed by atoms with Crippen molar-refractivity contribution in [1.29, 1.82) is 0 Å². The van der Waals surface area contributed by atoms with Gasteiger partial charge in [0.1, 0.15) is 30.2 Å². The number of hydrogen-bond acceptors (Lipinski definition) is 11. The molecule has 19 nitrogen and oxygen atoms in total. The molecular formula is C32H59N9O10. The molecule has 292 valence electrons. The Morgan fingerprint density at radius 2 is 0.941 bits per heavy atom. The fraction of sp³-hybridized carbons (Fsp3) is 0.750. The van der Waals surface area contributed by atoms with Crippen LogP contribution in [0.4, 0.5) is 0 Å². The highest BCUT2D eigenvalue weighted by Crippen LogP contribution is 2.11. The molecule has 0 aliphatic rings. The number of aliphatic carboxylic acids is 2. The predicted molar refractivity (Wildman–Crippen MR) is 186 cm³/mol. The monoisotopic (exact) mass is 729 g/mol. The van der Waals surface area contributed by atoms with Gasteiger partial charge in [-0.1, -0.05) is 34.1 Å². The zero-order valence-corrected chi connectivity index (χ0v) is 30.1. The molecule has 0 rings (SSSR count). The van der Waals surface area contributed by atoms with E-state index in [0.717, 1.165) is 0 Å². The molecule has 6 amide bonds. The van der Waals surface area contributed by atoms with E-state index >= 15 is 0 Å². The molecule has 0 heterocycles. The first kappa shape index (κ1) is 46.6. The Bertz CT molecular complexity index is 1180. The Labute approximate surface area is 298 Å². The lowest BCUT2D eigenvalue weighted by molar-refractivity contribution is -0.143. The van der Waals surface area contributed by atoms with E-state index in [-0.39, 0.29) is 19.3 Å². The predicted octanol–water partition coefficient (Wildman–Crippen LogP) is -2.48. The van der Waals surface area contributed by atoms with Gasteiger partial charge in [-0.3, -0.25) is 33.6 Å². The number of carbonyl (C=O) groups excluding carboxylic acids is 6. The first-order valence-corrected chi connectivity index (χ1v) is 17.3. The number of primary amides is 1. The van der Waals surface area contributed by atoms with Crippen molar-refractivity contribution in [3.05, 3.63) is 0 Å². The normalized spacial score (nSPS) is 14.7. The van der Waals surface area contributed by atoms with Crippen molar-refractivity contribution in [2.75, 3.05) is 13.1 Å². The van der Waals surface area contributed by atoms with Crippen molar-refractivity contribution in [2.45, 2.75) is 128 Å². The quantitative estimate of drug-likeness (QED) is 0.0391. The summed E-state index contributed by atoms with van der Waals surface area (Å²) in [4.78, 5) is 101. The fourth-order valence-electron chi connectivity index (χ4n) is 4.86. The Hall–Kier alpha value is -4.36. The number of unbranched alkanes of at least 4 members (excludes halogenated alkanes) is 2. The Morgan fingerprint density at radius 1 is 0.529 bits per heavy atom. The highest BCUT2D eigenvalue weighted by atomic mass is 16.4. The van der Waals surface area contributed by atoms with Crippen molar-refractivity contribution in [3.63, 3.8) is 0 Å². The fourth-order valence-corrected chi connectivity index (χ4v) is 4.86. The molecule has 0 radical (unpaired) electrons. The Morgan fingerprint density at radius 3 is 1.41 bits per heavy atom. The molecule has 0 unspecified atom stereocenters. The summed E-state index contributed by atoms with van der Waals surface area (Å²) < 4.78 is 0. The molecule has 6 atom stereocenters. The molecule has 0 aliphatic heterocycles. The van der Waals surface area contributed by atoms with Crippen LogP contribution in [0.2, 0.25) is 0 Å². The summed E-state index contributed by atoms with van der Waals surface area (Å²) in [7, 11) is 0. The van der Waals surface area contributed by atoms with Crippen LogP contribution in [-0.4, -0.2) is 107 Å². The average molecular weight is 730 g/mol. The molecule has 0 fully saturated rings. The number of nitrogens with two attached hydrogens (primary N) is 4. The largest absolute Gasteiger partial charge is 0.481 e. The number of carboxylic acid groups (broad SMARTS) is 2. The van der Waals surface area contributed by atoms with Crippen LogP contribution in [0.3, 0.4) is 0 Å². The second-order valence-electron chi connectivity index (χ2n) is 13.1. The topological polar surface area (TPSA) is 341 Å². The van der Waals surface area contributed by atoms with Crippen molar-refractivity contribution in [2.24, 2.45) is 34.8 Å². The lowest BCUT2D eigenvalue weighted by atomic mass is 9.98. The molecule has 0 spiro atoms. The molecule has 0 saturated heterocycles. The standard InChI is InChI=1S/C32H59N9O10/c1-17(2)25(30(48)39-22(32(50)51)12-14-24(43)44)41-31(49)26(18(3)4)40-29(47)21(11-13-23(36)42)38-28(46)20(10-6-8-16-34)37-27(45)19(35)9-5-7-15-33/h17-22,25-26H,5-16,33-35H2,1-4H3,(H2,36,42)(H,37,45)(H,38,46)(H,39,48)(H,40,47)(H,41,49)(H,43,44)(H,50,51)/t19-,20-,21-,22-,25-,26-/m0/s1. The van der Waals surface area contributed by atoms with Gasteiger partial charge in [0.2, 0.25) is 35.4 Å². The second-order valence-corrected chi connectivity index (χ2v) is 13.1. The van der Waals surface area contributed by atoms with E-state index in [9.17, 15) is 43.5 Å². The number of hydrogen-bond donors (Lipinski definition) is 11. The summed E-state index contributed by atoms with van der Waals surface area (Å²) in [6, 6.07) is -7.45. The van der Waals surface area contributed by atoms with Crippen molar-refractivity contribution >= 4 is 47.4 Å². The van der Waals surface area contributed by atoms with Gasteiger partial charge in [0, 0.05) is 12.8 Å². The van der Waals surface area contributed by atoms with E-state index in [4.69, 9.17) is 28.0 Å². The molecule has 51 heavy (non-hydrogen) atoms. The Kier molecular flexibility index (Phi) is 22.6. The van der Waals surface area contributed by atoms with Gasteiger partial charge in [0.15, 0.2) is 0 Å². The van der Waals surface area contributed by atoms with Crippen LogP contribution in [0.5, 0.6) is 0 Å². The van der Waals surface area contributed by atoms with Crippen LogP contribution in [0.25, 0.3) is 0 Å². The third-order valence-corrected chi connectivity index (χ3v) is 7.95. The molecule has 0 aromatic rings. The van der Waals surface area contributed by atoms with Gasteiger partial charge in [-0.25, -0.2) is 4.79 Å². The summed E-state index contributed by atoms with van der Waals surface area (Å²) in [6.45, 7) is 7.17. The third-order valence-electron chi connectivity index (χ3n) is 7.95. The second kappa shape index (κ2) is 24.7. The number of nitrogens with one attached hydrogen (secondary N) is 5. The van der Waals surface area contributed by atoms with Crippen LogP contribution in [0.15, 0.2) is 0 Å². The van der Waals surface area contributed by atoms with Crippen LogP contribution < -0.4 is 49.5 Å². The maximum absolute atomic E-state index is 13.6. The van der Waals surface area contributed by atoms with Gasteiger partial charge >= 0.3 is 11.9 Å². The lowest BCUT2D eigenvalue weighted by Crippen LogP contribution is -2.61. The molecule has 0 aromatic heterocycles. The third kappa shape index (κ3) is 19.0. The summed E-state index contributed by atoms with van der Waals surface area (Å²) >= 11 is 0. The zero-order valence-electron chi connectivity index (χ0n) is 30.1. The summed E-state index contributed by atoms with van der Waals surface area (Å²) in [5.74, 6) is -8.45. The van der Waals surface area contributed by atoms with Crippen LogP contribution in [0, 0.1) is 11.8 Å². The number of amides is 6. The number of carboxylic acids is 2. The van der Waals surface area contributed by atoms with Gasteiger partial charge in [-0.05, 0) is 69.9 Å². The molecule has 0 aliphatic carbocycles. The van der Waals surface area contributed by atoms with Gasteiger partial charge in [-0.2, -0.15) is 0 Å². The van der Waals surface area contributed by atoms with E-state index in [0.29, 0.717) is 45.2 Å². The van der Waals surface area contributed by atoms with E-state index in [1.807, 2.05) is 0 Å². The minimum Gasteiger partial charge on any atom is -0.481 e. The van der Waals surface area contributed by atoms with Crippen molar-refractivity contribution in [3.8, 4) is 0 Å². The summed E-state index contributed by atoms with van der Waals surface area (Å²) in [6.07, 6.45) is 1.32. The lowest BCUT2D eigenvalue weighted by Gasteiger charge is -2.29. The molecular weight excluding hydrogens is 670 g/mol. The van der Waals surface area contributed by atoms with Crippen LogP contribution >= 0.6 is 0 Å². The Balaban J connectivity index is 6.04. The average Bonchev–Trinajstić information content (AvgIpc) is 3.04. The highest BCUT2D eigenvalue weighted by Gasteiger charge is 2.35. The maximum atomic E-state index is 13.6. The first-order valence-electron chi connectivity index (χ1n) is 17.3. The SMILES string of the molecule is CC(C)[C@H](NC(=O)[C@H](CCC(N)=O)NC(=O)[C@H](CCCCN)NC(=O)[C@@H](N)CCCCN)C(=O)N[C@H](C(=O)N[C@@H](CCC(=O)O)C(=O)O)C(C)C. The molecule has 0 saturated carbocycles. The van der Waals surface area contributed by atoms with E-state index in [1.54, 1.807) is 27.7 Å². The molecule has 0 aromatic carbocycles. The minimum atomic E-state index is -1.53. The number of rotatable bonds is 27. The van der Waals surface area contributed by atoms with Crippen LogP contribution in [-0.2, 0) is 38.4 Å².